The molecule has 3 heterocycles. The average Bonchev–Trinajstić information content (AvgIpc) is 3.50. The van der Waals surface area contributed by atoms with E-state index in [-0.39, 0.29) is 31.1 Å². The molecule has 1 aliphatic carbocycles. The summed E-state index contributed by atoms with van der Waals surface area (Å²) in [6.07, 6.45) is 9.54. The van der Waals surface area contributed by atoms with Gasteiger partial charge in [-0.15, -0.1) is 6.58 Å². The molecule has 1 spiro atoms. The maximum atomic E-state index is 14.3. The van der Waals surface area contributed by atoms with E-state index in [0.29, 0.717) is 25.8 Å². The van der Waals surface area contributed by atoms with Crippen molar-refractivity contribution in [3.8, 4) is 0 Å². The molecule has 3 aliphatic heterocycles. The lowest BCUT2D eigenvalue weighted by atomic mass is 9.70. The summed E-state index contributed by atoms with van der Waals surface area (Å²) in [4.78, 5) is 44.6. The van der Waals surface area contributed by atoms with Crippen molar-refractivity contribution in [2.24, 2.45) is 11.8 Å². The summed E-state index contributed by atoms with van der Waals surface area (Å²) < 4.78 is 11.8. The van der Waals surface area contributed by atoms with Gasteiger partial charge in [-0.2, -0.15) is 0 Å². The Morgan fingerprint density at radius 3 is 2.62 bits per heavy atom. The first kappa shape index (κ1) is 24.9. The molecule has 2 unspecified atom stereocenters. The number of hydrogen-bond acceptors (Lipinski definition) is 6. The Kier molecular flexibility index (Phi) is 7.48. The number of aliphatic hydroxyl groups is 1. The first-order valence-electron chi connectivity index (χ1n) is 12.7. The van der Waals surface area contributed by atoms with Crippen LogP contribution in [0.2, 0.25) is 0 Å². The van der Waals surface area contributed by atoms with Gasteiger partial charge in [-0.3, -0.25) is 14.4 Å². The van der Waals surface area contributed by atoms with Gasteiger partial charge in [0.15, 0.2) is 0 Å². The Balaban J connectivity index is 1.74. The minimum Gasteiger partial charge on any atom is -0.461 e. The molecule has 8 heteroatoms. The van der Waals surface area contributed by atoms with Gasteiger partial charge in [0.1, 0.15) is 18.2 Å². The SMILES string of the molecule is C=CCOC(=O)[C@@H]1[C@H]2C(=O)N([C@@H](CC)CO)C(C(=O)N(CC=C)C3CCCCC3)C23CC[C@H]1O3. The van der Waals surface area contributed by atoms with Crippen LogP contribution < -0.4 is 0 Å². The van der Waals surface area contributed by atoms with Crippen molar-refractivity contribution in [1.82, 2.24) is 9.80 Å². The Hall–Kier alpha value is -2.19. The van der Waals surface area contributed by atoms with E-state index in [1.165, 1.54) is 6.08 Å². The second-order valence-electron chi connectivity index (χ2n) is 10.0. The monoisotopic (exact) mass is 474 g/mol. The molecule has 34 heavy (non-hydrogen) atoms. The summed E-state index contributed by atoms with van der Waals surface area (Å²) in [6.45, 7) is 9.55. The van der Waals surface area contributed by atoms with Gasteiger partial charge in [0.05, 0.1) is 30.6 Å². The van der Waals surface area contributed by atoms with Crippen LogP contribution in [-0.4, -0.2) is 82.3 Å². The predicted octanol–water partition coefficient (Wildman–Crippen LogP) is 2.21. The van der Waals surface area contributed by atoms with Crippen LogP contribution in [0, 0.1) is 11.8 Å². The largest absolute Gasteiger partial charge is 0.461 e. The molecule has 8 nitrogen and oxygen atoms in total. The summed E-state index contributed by atoms with van der Waals surface area (Å²) in [5, 5.41) is 10.1. The number of fused-ring (bicyclic) bond motifs is 1. The Morgan fingerprint density at radius 1 is 1.26 bits per heavy atom. The van der Waals surface area contributed by atoms with E-state index in [1.807, 2.05) is 11.8 Å². The standard InChI is InChI=1S/C26H38N2O6/c1-4-14-27(18-10-8-7-9-11-18)24(31)22-26-13-12-19(34-26)20(25(32)33-15-5-2)21(26)23(30)28(22)17(6-3)16-29/h4-5,17-22,29H,1-2,6-16H2,3H3/t17-,19+,20-,21-,22?,26?/m0/s1. The van der Waals surface area contributed by atoms with Gasteiger partial charge in [0, 0.05) is 12.6 Å². The molecule has 0 aromatic rings. The number of rotatable bonds is 10. The summed E-state index contributed by atoms with van der Waals surface area (Å²) in [5.74, 6) is -2.46. The van der Waals surface area contributed by atoms with E-state index in [4.69, 9.17) is 9.47 Å². The number of nitrogens with zero attached hydrogens (tertiary/aromatic N) is 2. The fraction of sp³-hybridized carbons (Fsp3) is 0.731. The lowest BCUT2D eigenvalue weighted by molar-refractivity contribution is -0.156. The van der Waals surface area contributed by atoms with E-state index in [9.17, 15) is 19.5 Å². The number of carbonyl (C=O) groups excluding carboxylic acids is 3. The number of aliphatic hydroxyl groups excluding tert-OH is 1. The van der Waals surface area contributed by atoms with Crippen molar-refractivity contribution in [2.45, 2.75) is 88.1 Å². The fourth-order valence-corrected chi connectivity index (χ4v) is 6.79. The number of carbonyl (C=O) groups is 3. The summed E-state index contributed by atoms with van der Waals surface area (Å²) in [5.41, 5.74) is -1.08. The molecular formula is C26H38N2O6. The number of amides is 2. The average molecular weight is 475 g/mol. The van der Waals surface area contributed by atoms with Gasteiger partial charge in [-0.05, 0) is 32.1 Å². The molecule has 6 atom stereocenters. The second-order valence-corrected chi connectivity index (χ2v) is 10.0. The van der Waals surface area contributed by atoms with Crippen molar-refractivity contribution in [1.29, 1.82) is 0 Å². The molecule has 188 valence electrons. The van der Waals surface area contributed by atoms with Gasteiger partial charge in [-0.25, -0.2) is 0 Å². The molecule has 4 fully saturated rings. The molecule has 0 aromatic carbocycles. The molecule has 4 rings (SSSR count). The lowest BCUT2D eigenvalue weighted by Gasteiger charge is -2.42. The van der Waals surface area contributed by atoms with E-state index in [1.54, 1.807) is 11.0 Å². The highest BCUT2D eigenvalue weighted by Gasteiger charge is 2.75. The van der Waals surface area contributed by atoms with Crippen molar-refractivity contribution in [3.05, 3.63) is 25.3 Å². The third kappa shape index (κ3) is 3.88. The van der Waals surface area contributed by atoms with Crippen molar-refractivity contribution >= 4 is 17.8 Å². The zero-order chi connectivity index (χ0) is 24.5. The van der Waals surface area contributed by atoms with Gasteiger partial charge in [-0.1, -0.05) is 44.9 Å². The normalized spacial score (nSPS) is 33.5. The molecule has 3 saturated heterocycles. The van der Waals surface area contributed by atoms with Crippen LogP contribution >= 0.6 is 0 Å². The summed E-state index contributed by atoms with van der Waals surface area (Å²) in [7, 11) is 0. The zero-order valence-corrected chi connectivity index (χ0v) is 20.2. The lowest BCUT2D eigenvalue weighted by Crippen LogP contribution is -2.60. The van der Waals surface area contributed by atoms with Gasteiger partial charge < -0.3 is 24.4 Å². The van der Waals surface area contributed by atoms with Crippen LogP contribution in [0.1, 0.15) is 58.3 Å². The molecule has 0 aromatic heterocycles. The first-order chi connectivity index (χ1) is 16.4. The third-order valence-electron chi connectivity index (χ3n) is 8.29. The van der Waals surface area contributed by atoms with E-state index in [0.717, 1.165) is 32.1 Å². The van der Waals surface area contributed by atoms with Gasteiger partial charge >= 0.3 is 5.97 Å². The number of likely N-dealkylation sites (tertiary alicyclic amines) is 1. The molecule has 4 aliphatic rings. The smallest absolute Gasteiger partial charge is 0.312 e. The fourth-order valence-electron chi connectivity index (χ4n) is 6.79. The van der Waals surface area contributed by atoms with Crippen molar-refractivity contribution < 1.29 is 29.0 Å². The summed E-state index contributed by atoms with van der Waals surface area (Å²) >= 11 is 0. The highest BCUT2D eigenvalue weighted by molar-refractivity contribution is 5.98. The van der Waals surface area contributed by atoms with Gasteiger partial charge in [0.2, 0.25) is 11.8 Å². The molecule has 2 bridgehead atoms. The number of esters is 1. The quantitative estimate of drug-likeness (QED) is 0.385. The maximum Gasteiger partial charge on any atom is 0.312 e. The third-order valence-corrected chi connectivity index (χ3v) is 8.29. The highest BCUT2D eigenvalue weighted by atomic mass is 16.6. The van der Waals surface area contributed by atoms with Crippen LogP contribution in [0.25, 0.3) is 0 Å². The van der Waals surface area contributed by atoms with Gasteiger partial charge in [0.25, 0.3) is 0 Å². The highest BCUT2D eigenvalue weighted by Crippen LogP contribution is 2.59. The van der Waals surface area contributed by atoms with E-state index < -0.39 is 41.6 Å². The number of hydrogen-bond donors (Lipinski definition) is 1. The maximum absolute atomic E-state index is 14.3. The Bertz CT molecular complexity index is 820. The predicted molar refractivity (Wildman–Crippen MR) is 126 cm³/mol. The van der Waals surface area contributed by atoms with Crippen LogP contribution in [0.4, 0.5) is 0 Å². The Morgan fingerprint density at radius 2 is 2.00 bits per heavy atom. The molecule has 1 saturated carbocycles. The topological polar surface area (TPSA) is 96.4 Å². The Labute approximate surface area is 201 Å². The van der Waals surface area contributed by atoms with E-state index in [2.05, 4.69) is 13.2 Å². The molecular weight excluding hydrogens is 436 g/mol. The molecule has 2 amide bonds. The minimum atomic E-state index is -1.08. The molecule has 0 radical (unpaired) electrons. The van der Waals surface area contributed by atoms with Crippen LogP contribution in [0.5, 0.6) is 0 Å². The van der Waals surface area contributed by atoms with Crippen molar-refractivity contribution in [2.75, 3.05) is 19.8 Å². The minimum absolute atomic E-state index is 0.0606. The van der Waals surface area contributed by atoms with Crippen LogP contribution in [0.15, 0.2) is 25.3 Å². The summed E-state index contributed by atoms with van der Waals surface area (Å²) in [6, 6.07) is -1.30. The van der Waals surface area contributed by atoms with Crippen LogP contribution in [0.3, 0.4) is 0 Å². The molecule has 1 N–H and O–H groups in total. The first-order valence-corrected chi connectivity index (χ1v) is 12.7. The van der Waals surface area contributed by atoms with Crippen molar-refractivity contribution in [3.63, 3.8) is 0 Å². The second kappa shape index (κ2) is 10.2. The van der Waals surface area contributed by atoms with E-state index >= 15 is 0 Å². The zero-order valence-electron chi connectivity index (χ0n) is 20.2. The van der Waals surface area contributed by atoms with Crippen LogP contribution in [-0.2, 0) is 23.9 Å². The number of ether oxygens (including phenoxy) is 2.